The molecule has 2 rings (SSSR count). The minimum absolute atomic E-state index is 0.108. The summed E-state index contributed by atoms with van der Waals surface area (Å²) in [4.78, 5) is 27.7. The predicted octanol–water partition coefficient (Wildman–Crippen LogP) is 2.37. The molecule has 1 aromatic carbocycles. The third kappa shape index (κ3) is 5.67. The topological polar surface area (TPSA) is 85.7 Å². The van der Waals surface area contributed by atoms with E-state index in [-0.39, 0.29) is 25.4 Å². The molecule has 26 heavy (non-hydrogen) atoms. The van der Waals surface area contributed by atoms with Gasteiger partial charge in [0.15, 0.2) is 12.7 Å². The molecule has 0 unspecified atom stereocenters. The Balaban J connectivity index is 1.86. The lowest BCUT2D eigenvalue weighted by Crippen LogP contribution is -2.25. The van der Waals surface area contributed by atoms with Crippen molar-refractivity contribution < 1.29 is 24.2 Å². The molecule has 2 aromatic rings. The molecule has 0 aliphatic carbocycles. The van der Waals surface area contributed by atoms with Crippen LogP contribution in [0, 0.1) is 0 Å². The standard InChI is InChI=1S/C20H23NO5/c1-3-14-7-10-17(21-12-14)19(23)13-26-16-8-5-15(6-9-16)11-18(22)20(24)25-4-2/h5-10,12,18,22H,3-4,11,13H2,1-2H3/t18-/m1/s1. The molecular weight excluding hydrogens is 334 g/mol. The van der Waals surface area contributed by atoms with Gasteiger partial charge in [-0.15, -0.1) is 0 Å². The summed E-state index contributed by atoms with van der Waals surface area (Å²) in [6.07, 6.45) is 1.53. The first-order valence-corrected chi connectivity index (χ1v) is 8.58. The predicted molar refractivity (Wildman–Crippen MR) is 96.2 cm³/mol. The molecule has 1 N–H and O–H groups in total. The molecule has 0 saturated heterocycles. The third-order valence-electron chi connectivity index (χ3n) is 3.80. The van der Waals surface area contributed by atoms with Gasteiger partial charge in [-0.1, -0.05) is 25.1 Å². The smallest absolute Gasteiger partial charge is 0.335 e. The molecule has 0 radical (unpaired) electrons. The highest BCUT2D eigenvalue weighted by Crippen LogP contribution is 2.14. The normalized spacial score (nSPS) is 11.7. The van der Waals surface area contributed by atoms with Crippen molar-refractivity contribution in [2.75, 3.05) is 13.2 Å². The zero-order valence-electron chi connectivity index (χ0n) is 15.0. The van der Waals surface area contributed by atoms with E-state index in [1.807, 2.05) is 13.0 Å². The number of rotatable bonds is 9. The summed E-state index contributed by atoms with van der Waals surface area (Å²) in [5, 5.41) is 9.75. The Bertz CT molecular complexity index is 725. The zero-order valence-corrected chi connectivity index (χ0v) is 15.0. The van der Waals surface area contributed by atoms with Crippen LogP contribution in [0.3, 0.4) is 0 Å². The van der Waals surface area contributed by atoms with Gasteiger partial charge in [0.05, 0.1) is 6.61 Å². The van der Waals surface area contributed by atoms with E-state index in [1.54, 1.807) is 43.5 Å². The van der Waals surface area contributed by atoms with Crippen molar-refractivity contribution >= 4 is 11.8 Å². The van der Waals surface area contributed by atoms with Gasteiger partial charge in [0.1, 0.15) is 11.4 Å². The Morgan fingerprint density at radius 3 is 2.35 bits per heavy atom. The summed E-state index contributed by atoms with van der Waals surface area (Å²) in [7, 11) is 0. The van der Waals surface area contributed by atoms with Gasteiger partial charge in [0, 0.05) is 12.6 Å². The molecule has 0 spiro atoms. The number of aliphatic hydroxyl groups excluding tert-OH is 1. The number of esters is 1. The number of carbonyl (C=O) groups excluding carboxylic acids is 2. The Morgan fingerprint density at radius 1 is 1.08 bits per heavy atom. The van der Waals surface area contributed by atoms with Crippen LogP contribution in [0.1, 0.15) is 35.5 Å². The van der Waals surface area contributed by atoms with Crippen molar-refractivity contribution in [1.29, 1.82) is 0 Å². The minimum atomic E-state index is -1.19. The Hall–Kier alpha value is -2.73. The molecular formula is C20H23NO5. The van der Waals surface area contributed by atoms with Crippen LogP contribution in [-0.2, 0) is 22.4 Å². The molecule has 1 atom stereocenters. The number of ether oxygens (including phenoxy) is 2. The largest absolute Gasteiger partial charge is 0.485 e. The Kier molecular flexibility index (Phi) is 7.29. The van der Waals surface area contributed by atoms with Crippen LogP contribution in [0.5, 0.6) is 5.75 Å². The molecule has 0 amide bonds. The molecule has 138 valence electrons. The van der Waals surface area contributed by atoms with Crippen LogP contribution in [0.2, 0.25) is 0 Å². The van der Waals surface area contributed by atoms with Gasteiger partial charge in [-0.2, -0.15) is 0 Å². The lowest BCUT2D eigenvalue weighted by atomic mass is 10.1. The number of nitrogens with zero attached hydrogens (tertiary/aromatic N) is 1. The molecule has 0 aliphatic heterocycles. The van der Waals surface area contributed by atoms with Crippen molar-refractivity contribution in [3.63, 3.8) is 0 Å². The highest BCUT2D eigenvalue weighted by molar-refractivity contribution is 5.95. The second-order valence-electron chi connectivity index (χ2n) is 5.73. The van der Waals surface area contributed by atoms with Crippen molar-refractivity contribution in [3.8, 4) is 5.75 Å². The molecule has 1 aromatic heterocycles. The second-order valence-corrected chi connectivity index (χ2v) is 5.73. The third-order valence-corrected chi connectivity index (χ3v) is 3.80. The lowest BCUT2D eigenvalue weighted by molar-refractivity contribution is -0.152. The number of benzene rings is 1. The van der Waals surface area contributed by atoms with Crippen molar-refractivity contribution in [3.05, 3.63) is 59.4 Å². The van der Waals surface area contributed by atoms with E-state index < -0.39 is 12.1 Å². The van der Waals surface area contributed by atoms with E-state index in [0.29, 0.717) is 11.4 Å². The van der Waals surface area contributed by atoms with Crippen LogP contribution in [-0.4, -0.2) is 41.2 Å². The fraction of sp³-hybridized carbons (Fsp3) is 0.350. The van der Waals surface area contributed by atoms with Crippen molar-refractivity contribution in [2.24, 2.45) is 0 Å². The molecule has 0 aliphatic rings. The van der Waals surface area contributed by atoms with E-state index in [2.05, 4.69) is 4.98 Å². The van der Waals surface area contributed by atoms with Crippen molar-refractivity contribution in [2.45, 2.75) is 32.8 Å². The summed E-state index contributed by atoms with van der Waals surface area (Å²) in [5.74, 6) is -0.313. The van der Waals surface area contributed by atoms with E-state index in [0.717, 1.165) is 17.5 Å². The maximum atomic E-state index is 12.1. The Morgan fingerprint density at radius 2 is 1.77 bits per heavy atom. The first-order chi connectivity index (χ1) is 12.5. The van der Waals surface area contributed by atoms with E-state index in [4.69, 9.17) is 9.47 Å². The molecule has 1 heterocycles. The molecule has 0 saturated carbocycles. The van der Waals surface area contributed by atoms with Gasteiger partial charge in [0.25, 0.3) is 0 Å². The average molecular weight is 357 g/mol. The molecule has 0 fully saturated rings. The van der Waals surface area contributed by atoms with Gasteiger partial charge in [-0.05, 0) is 42.7 Å². The van der Waals surface area contributed by atoms with Crippen LogP contribution >= 0.6 is 0 Å². The number of aromatic nitrogens is 1. The van der Waals surface area contributed by atoms with Crippen LogP contribution < -0.4 is 4.74 Å². The van der Waals surface area contributed by atoms with Crippen LogP contribution in [0.25, 0.3) is 0 Å². The lowest BCUT2D eigenvalue weighted by Gasteiger charge is -2.10. The fourth-order valence-corrected chi connectivity index (χ4v) is 2.29. The number of pyridine rings is 1. The maximum Gasteiger partial charge on any atom is 0.335 e. The number of Topliss-reactive ketones (excluding diaryl/α,β-unsaturated/α-hetero) is 1. The molecule has 6 heteroatoms. The van der Waals surface area contributed by atoms with Gasteiger partial charge in [-0.25, -0.2) is 4.79 Å². The van der Waals surface area contributed by atoms with Gasteiger partial charge < -0.3 is 14.6 Å². The average Bonchev–Trinajstić information content (AvgIpc) is 2.67. The van der Waals surface area contributed by atoms with Crippen LogP contribution in [0.4, 0.5) is 0 Å². The molecule has 6 nitrogen and oxygen atoms in total. The van der Waals surface area contributed by atoms with E-state index >= 15 is 0 Å². The highest BCUT2D eigenvalue weighted by atomic mass is 16.5. The zero-order chi connectivity index (χ0) is 18.9. The summed E-state index contributed by atoms with van der Waals surface area (Å²) in [6, 6.07) is 10.4. The quantitative estimate of drug-likeness (QED) is 0.548. The second kappa shape index (κ2) is 9.68. The first kappa shape index (κ1) is 19.6. The number of hydrogen-bond donors (Lipinski definition) is 1. The summed E-state index contributed by atoms with van der Waals surface area (Å²) < 4.78 is 10.2. The van der Waals surface area contributed by atoms with Gasteiger partial charge >= 0.3 is 5.97 Å². The highest BCUT2D eigenvalue weighted by Gasteiger charge is 2.16. The SMILES string of the molecule is CCOC(=O)[C@H](O)Cc1ccc(OCC(=O)c2ccc(CC)cn2)cc1. The van der Waals surface area contributed by atoms with Crippen molar-refractivity contribution in [1.82, 2.24) is 4.98 Å². The summed E-state index contributed by atoms with van der Waals surface area (Å²) in [6.45, 7) is 3.83. The number of hydrogen-bond acceptors (Lipinski definition) is 6. The number of ketones is 1. The number of aliphatic hydroxyl groups is 1. The van der Waals surface area contributed by atoms with E-state index in [1.165, 1.54) is 0 Å². The van der Waals surface area contributed by atoms with E-state index in [9.17, 15) is 14.7 Å². The van der Waals surface area contributed by atoms with Gasteiger partial charge in [0.2, 0.25) is 5.78 Å². The fourth-order valence-electron chi connectivity index (χ4n) is 2.29. The summed E-state index contributed by atoms with van der Waals surface area (Å²) >= 11 is 0. The Labute approximate surface area is 152 Å². The number of aryl methyl sites for hydroxylation is 1. The monoisotopic (exact) mass is 357 g/mol. The van der Waals surface area contributed by atoms with Crippen LogP contribution in [0.15, 0.2) is 42.6 Å². The number of carbonyl (C=O) groups is 2. The van der Waals surface area contributed by atoms with Gasteiger partial charge in [-0.3, -0.25) is 9.78 Å². The minimum Gasteiger partial charge on any atom is -0.485 e. The maximum absolute atomic E-state index is 12.1. The molecule has 0 bridgehead atoms. The summed E-state index contributed by atoms with van der Waals surface area (Å²) in [5.41, 5.74) is 2.21. The first-order valence-electron chi connectivity index (χ1n) is 8.58.